The lowest BCUT2D eigenvalue weighted by Crippen LogP contribution is -2.27. The number of carbonyl (C=O) groups excluding carboxylic acids is 1. The van der Waals surface area contributed by atoms with Gasteiger partial charge in [-0.1, -0.05) is 6.07 Å². The summed E-state index contributed by atoms with van der Waals surface area (Å²) < 4.78 is 10.3. The van der Waals surface area contributed by atoms with Gasteiger partial charge in [-0.25, -0.2) is 0 Å². The summed E-state index contributed by atoms with van der Waals surface area (Å²) in [4.78, 5) is 11.3. The van der Waals surface area contributed by atoms with Crippen LogP contribution in [0.3, 0.4) is 0 Å². The van der Waals surface area contributed by atoms with Gasteiger partial charge in [0.2, 0.25) is 5.91 Å². The molecule has 0 aliphatic carbocycles. The van der Waals surface area contributed by atoms with Crippen molar-refractivity contribution in [2.24, 2.45) is 5.73 Å². The standard InChI is InChI=1S/C12H17N3O3/c1-17-9-4-3-8(5-10(9)18-2)7-15-12(16)6-11(13)14/h3-5H,6-7H2,1-2H3,(H3,13,14)(H,15,16). The molecular weight excluding hydrogens is 234 g/mol. The molecule has 0 heterocycles. The van der Waals surface area contributed by atoms with Crippen LogP contribution in [0.4, 0.5) is 0 Å². The Morgan fingerprint density at radius 1 is 1.33 bits per heavy atom. The summed E-state index contributed by atoms with van der Waals surface area (Å²) >= 11 is 0. The summed E-state index contributed by atoms with van der Waals surface area (Å²) in [6, 6.07) is 5.38. The number of hydrogen-bond donors (Lipinski definition) is 3. The number of amidine groups is 1. The molecule has 0 aliphatic rings. The van der Waals surface area contributed by atoms with Gasteiger partial charge in [0.1, 0.15) is 0 Å². The maximum atomic E-state index is 11.3. The lowest BCUT2D eigenvalue weighted by Gasteiger charge is -2.10. The van der Waals surface area contributed by atoms with E-state index in [0.29, 0.717) is 18.0 Å². The smallest absolute Gasteiger partial charge is 0.227 e. The third-order valence-electron chi connectivity index (χ3n) is 2.29. The number of benzene rings is 1. The van der Waals surface area contributed by atoms with Gasteiger partial charge in [0.15, 0.2) is 11.5 Å². The minimum atomic E-state index is -0.280. The zero-order chi connectivity index (χ0) is 13.5. The Kier molecular flexibility index (Phi) is 4.98. The molecule has 1 aromatic rings. The van der Waals surface area contributed by atoms with E-state index in [-0.39, 0.29) is 18.2 Å². The zero-order valence-corrected chi connectivity index (χ0v) is 10.4. The quantitative estimate of drug-likeness (QED) is 0.510. The lowest BCUT2D eigenvalue weighted by atomic mass is 10.2. The normalized spacial score (nSPS) is 9.67. The average Bonchev–Trinajstić information content (AvgIpc) is 2.35. The van der Waals surface area contributed by atoms with E-state index < -0.39 is 0 Å². The summed E-state index contributed by atoms with van der Waals surface area (Å²) in [7, 11) is 3.11. The summed E-state index contributed by atoms with van der Waals surface area (Å²) in [5, 5.41) is 9.67. The number of nitrogens with two attached hydrogens (primary N) is 1. The minimum absolute atomic E-state index is 0.0900. The van der Waals surface area contributed by atoms with Crippen molar-refractivity contribution in [2.45, 2.75) is 13.0 Å². The van der Waals surface area contributed by atoms with E-state index in [1.807, 2.05) is 6.07 Å². The van der Waals surface area contributed by atoms with Gasteiger partial charge in [0, 0.05) is 6.54 Å². The van der Waals surface area contributed by atoms with Crippen LogP contribution in [0.25, 0.3) is 0 Å². The summed E-state index contributed by atoms with van der Waals surface area (Å²) in [6.07, 6.45) is -0.0900. The van der Waals surface area contributed by atoms with Crippen molar-refractivity contribution >= 4 is 11.7 Å². The molecular formula is C12H17N3O3. The average molecular weight is 251 g/mol. The molecule has 0 bridgehead atoms. The SMILES string of the molecule is COc1ccc(CNC(=O)CC(=N)N)cc1OC. The molecule has 0 radical (unpaired) electrons. The van der Waals surface area contributed by atoms with Crippen molar-refractivity contribution in [3.8, 4) is 11.5 Å². The molecule has 0 aromatic heterocycles. The van der Waals surface area contributed by atoms with Crippen LogP contribution in [0, 0.1) is 5.41 Å². The molecule has 0 saturated heterocycles. The van der Waals surface area contributed by atoms with Crippen LogP contribution in [-0.2, 0) is 11.3 Å². The molecule has 0 atom stereocenters. The van der Waals surface area contributed by atoms with Crippen LogP contribution in [0.15, 0.2) is 18.2 Å². The monoisotopic (exact) mass is 251 g/mol. The van der Waals surface area contributed by atoms with Crippen molar-refractivity contribution in [3.63, 3.8) is 0 Å². The Morgan fingerprint density at radius 2 is 2.00 bits per heavy atom. The van der Waals surface area contributed by atoms with Gasteiger partial charge in [-0.2, -0.15) is 0 Å². The Morgan fingerprint density at radius 3 is 2.56 bits per heavy atom. The highest BCUT2D eigenvalue weighted by Gasteiger charge is 2.06. The fourth-order valence-electron chi connectivity index (χ4n) is 1.43. The first kappa shape index (κ1) is 13.8. The van der Waals surface area contributed by atoms with Crippen LogP contribution in [0.2, 0.25) is 0 Å². The van der Waals surface area contributed by atoms with Gasteiger partial charge in [-0.3, -0.25) is 10.2 Å². The Labute approximate surface area is 106 Å². The summed E-state index contributed by atoms with van der Waals surface area (Å²) in [5.41, 5.74) is 6.01. The second-order valence-electron chi connectivity index (χ2n) is 3.67. The second-order valence-corrected chi connectivity index (χ2v) is 3.67. The van der Waals surface area contributed by atoms with Crippen LogP contribution < -0.4 is 20.5 Å². The highest BCUT2D eigenvalue weighted by molar-refractivity contribution is 5.97. The Balaban J connectivity index is 2.63. The first-order valence-electron chi connectivity index (χ1n) is 5.37. The van der Waals surface area contributed by atoms with Crippen LogP contribution >= 0.6 is 0 Å². The van der Waals surface area contributed by atoms with Crippen molar-refractivity contribution in [1.29, 1.82) is 5.41 Å². The maximum absolute atomic E-state index is 11.3. The zero-order valence-electron chi connectivity index (χ0n) is 10.4. The fourth-order valence-corrected chi connectivity index (χ4v) is 1.43. The molecule has 1 aromatic carbocycles. The van der Waals surface area contributed by atoms with Crippen molar-refractivity contribution < 1.29 is 14.3 Å². The minimum Gasteiger partial charge on any atom is -0.493 e. The lowest BCUT2D eigenvalue weighted by molar-refractivity contribution is -0.120. The second kappa shape index (κ2) is 6.48. The number of hydrogen-bond acceptors (Lipinski definition) is 4. The van der Waals surface area contributed by atoms with E-state index >= 15 is 0 Å². The summed E-state index contributed by atoms with van der Waals surface area (Å²) in [5.74, 6) is 0.809. The number of rotatable bonds is 6. The predicted octanol–water partition coefficient (Wildman–Crippen LogP) is 0.646. The Bertz CT molecular complexity index is 446. The Hall–Kier alpha value is -2.24. The molecule has 0 spiro atoms. The van der Waals surface area contributed by atoms with E-state index in [1.54, 1.807) is 26.4 Å². The van der Waals surface area contributed by atoms with Gasteiger partial charge < -0.3 is 20.5 Å². The molecule has 6 heteroatoms. The van der Waals surface area contributed by atoms with Crippen molar-refractivity contribution in [3.05, 3.63) is 23.8 Å². The van der Waals surface area contributed by atoms with Crippen LogP contribution in [0.5, 0.6) is 11.5 Å². The number of nitrogens with one attached hydrogen (secondary N) is 2. The molecule has 1 amide bonds. The van der Waals surface area contributed by atoms with Crippen LogP contribution in [0.1, 0.15) is 12.0 Å². The van der Waals surface area contributed by atoms with Crippen molar-refractivity contribution in [1.82, 2.24) is 5.32 Å². The molecule has 18 heavy (non-hydrogen) atoms. The van der Waals surface area contributed by atoms with E-state index in [0.717, 1.165) is 5.56 Å². The molecule has 98 valence electrons. The van der Waals surface area contributed by atoms with Crippen molar-refractivity contribution in [2.75, 3.05) is 14.2 Å². The molecule has 0 saturated carbocycles. The first-order chi connectivity index (χ1) is 8.56. The highest BCUT2D eigenvalue weighted by atomic mass is 16.5. The number of ether oxygens (including phenoxy) is 2. The fraction of sp³-hybridized carbons (Fsp3) is 0.333. The predicted molar refractivity (Wildman–Crippen MR) is 67.9 cm³/mol. The molecule has 4 N–H and O–H groups in total. The van der Waals surface area contributed by atoms with E-state index in [2.05, 4.69) is 5.32 Å². The maximum Gasteiger partial charge on any atom is 0.227 e. The van der Waals surface area contributed by atoms with Gasteiger partial charge >= 0.3 is 0 Å². The first-order valence-corrected chi connectivity index (χ1v) is 5.37. The highest BCUT2D eigenvalue weighted by Crippen LogP contribution is 2.27. The van der Waals surface area contributed by atoms with Gasteiger partial charge in [-0.05, 0) is 17.7 Å². The number of amides is 1. The molecule has 6 nitrogen and oxygen atoms in total. The third-order valence-corrected chi connectivity index (χ3v) is 2.29. The topological polar surface area (TPSA) is 97.4 Å². The molecule has 0 aliphatic heterocycles. The van der Waals surface area contributed by atoms with Gasteiger partial charge in [0.05, 0.1) is 26.5 Å². The molecule has 0 fully saturated rings. The molecule has 1 rings (SSSR count). The van der Waals surface area contributed by atoms with E-state index in [4.69, 9.17) is 20.6 Å². The largest absolute Gasteiger partial charge is 0.493 e. The van der Waals surface area contributed by atoms with Gasteiger partial charge in [0.25, 0.3) is 0 Å². The number of carbonyl (C=O) groups is 1. The van der Waals surface area contributed by atoms with E-state index in [1.165, 1.54) is 0 Å². The van der Waals surface area contributed by atoms with Crippen LogP contribution in [-0.4, -0.2) is 26.0 Å². The van der Waals surface area contributed by atoms with Gasteiger partial charge in [-0.15, -0.1) is 0 Å². The molecule has 0 unspecified atom stereocenters. The number of methoxy groups -OCH3 is 2. The third kappa shape index (κ3) is 3.97. The van der Waals surface area contributed by atoms with E-state index in [9.17, 15) is 4.79 Å². The summed E-state index contributed by atoms with van der Waals surface area (Å²) in [6.45, 7) is 0.354.